The lowest BCUT2D eigenvalue weighted by molar-refractivity contribution is 0.140. The zero-order valence-electron chi connectivity index (χ0n) is 10.7. The third kappa shape index (κ3) is 3.25. The number of nitrogens with two attached hydrogens (primary N) is 1. The number of aromatic nitrogens is 4. The van der Waals surface area contributed by atoms with E-state index in [2.05, 4.69) is 15.5 Å². The van der Waals surface area contributed by atoms with Gasteiger partial charge in [-0.25, -0.2) is 9.07 Å². The smallest absolute Gasteiger partial charge is 0.184 e. The molecule has 0 amide bonds. The summed E-state index contributed by atoms with van der Waals surface area (Å²) in [6.07, 6.45) is 0.766. The van der Waals surface area contributed by atoms with Gasteiger partial charge in [-0.05, 0) is 42.0 Å². The quantitative estimate of drug-likeness (QED) is 0.632. The Labute approximate surface area is 110 Å². The first-order valence-corrected chi connectivity index (χ1v) is 6.11. The lowest BCUT2D eigenvalue weighted by atomic mass is 10.2. The molecule has 19 heavy (non-hydrogen) atoms. The molecule has 0 atom stereocenters. The summed E-state index contributed by atoms with van der Waals surface area (Å²) in [6.45, 7) is 3.81. The van der Waals surface area contributed by atoms with Gasteiger partial charge in [0.2, 0.25) is 0 Å². The van der Waals surface area contributed by atoms with E-state index in [0.29, 0.717) is 36.8 Å². The van der Waals surface area contributed by atoms with Gasteiger partial charge in [-0.3, -0.25) is 0 Å². The van der Waals surface area contributed by atoms with Crippen LogP contribution in [-0.4, -0.2) is 33.4 Å². The highest BCUT2D eigenvalue weighted by atomic mass is 19.1. The number of halogens is 1. The average Bonchev–Trinajstić information content (AvgIpc) is 2.83. The summed E-state index contributed by atoms with van der Waals surface area (Å²) in [5, 5.41) is 11.3. The van der Waals surface area contributed by atoms with Crippen molar-refractivity contribution >= 4 is 5.69 Å². The zero-order chi connectivity index (χ0) is 13.7. The van der Waals surface area contributed by atoms with E-state index in [1.54, 1.807) is 16.8 Å². The lowest BCUT2D eigenvalue weighted by Crippen LogP contribution is -2.07. The van der Waals surface area contributed by atoms with Gasteiger partial charge in [0.1, 0.15) is 5.82 Å². The SMILES string of the molecule is CCOCCCn1nnnc1-c1ccc(N)cc1F. The molecule has 0 aliphatic heterocycles. The van der Waals surface area contributed by atoms with Gasteiger partial charge in [0.05, 0.1) is 5.56 Å². The fourth-order valence-electron chi connectivity index (χ4n) is 1.72. The van der Waals surface area contributed by atoms with Crippen molar-refractivity contribution in [1.82, 2.24) is 20.2 Å². The van der Waals surface area contributed by atoms with Crippen LogP contribution in [0.3, 0.4) is 0 Å². The maximum absolute atomic E-state index is 13.8. The molecule has 0 saturated carbocycles. The van der Waals surface area contributed by atoms with Crippen molar-refractivity contribution in [1.29, 1.82) is 0 Å². The van der Waals surface area contributed by atoms with E-state index < -0.39 is 5.82 Å². The third-order valence-corrected chi connectivity index (χ3v) is 2.63. The van der Waals surface area contributed by atoms with Crippen molar-refractivity contribution < 1.29 is 9.13 Å². The van der Waals surface area contributed by atoms with Gasteiger partial charge < -0.3 is 10.5 Å². The highest BCUT2D eigenvalue weighted by Crippen LogP contribution is 2.21. The number of benzene rings is 1. The van der Waals surface area contributed by atoms with Gasteiger partial charge >= 0.3 is 0 Å². The van der Waals surface area contributed by atoms with Gasteiger partial charge in [0, 0.05) is 25.4 Å². The molecule has 1 heterocycles. The predicted molar refractivity (Wildman–Crippen MR) is 68.7 cm³/mol. The zero-order valence-corrected chi connectivity index (χ0v) is 10.7. The largest absolute Gasteiger partial charge is 0.399 e. The van der Waals surface area contributed by atoms with E-state index in [1.165, 1.54) is 6.07 Å². The number of aryl methyl sites for hydroxylation is 1. The van der Waals surface area contributed by atoms with E-state index in [0.717, 1.165) is 6.42 Å². The average molecular weight is 265 g/mol. The highest BCUT2D eigenvalue weighted by Gasteiger charge is 2.13. The molecular formula is C12H16FN5O. The van der Waals surface area contributed by atoms with Gasteiger partial charge in [0.25, 0.3) is 0 Å². The Morgan fingerprint density at radius 2 is 2.26 bits per heavy atom. The molecule has 0 fully saturated rings. The summed E-state index contributed by atoms with van der Waals surface area (Å²) in [7, 11) is 0. The number of nitrogen functional groups attached to an aromatic ring is 1. The van der Waals surface area contributed by atoms with Crippen LogP contribution in [0, 0.1) is 5.82 Å². The number of rotatable bonds is 6. The minimum absolute atomic E-state index is 0.343. The maximum Gasteiger partial charge on any atom is 0.184 e. The Hall–Kier alpha value is -2.02. The number of anilines is 1. The van der Waals surface area contributed by atoms with E-state index in [9.17, 15) is 4.39 Å². The molecule has 0 unspecified atom stereocenters. The van der Waals surface area contributed by atoms with Crippen molar-refractivity contribution in [2.45, 2.75) is 19.9 Å². The molecule has 2 rings (SSSR count). The van der Waals surface area contributed by atoms with Crippen molar-refractivity contribution in [3.05, 3.63) is 24.0 Å². The first-order valence-electron chi connectivity index (χ1n) is 6.11. The molecule has 2 aromatic rings. The Balaban J connectivity index is 2.14. The van der Waals surface area contributed by atoms with Crippen LogP contribution in [-0.2, 0) is 11.3 Å². The van der Waals surface area contributed by atoms with Gasteiger partial charge in [-0.15, -0.1) is 5.10 Å². The van der Waals surface area contributed by atoms with Crippen LogP contribution in [0.4, 0.5) is 10.1 Å². The second-order valence-corrected chi connectivity index (χ2v) is 4.02. The molecule has 0 spiro atoms. The number of ether oxygens (including phenoxy) is 1. The van der Waals surface area contributed by atoms with E-state index in [-0.39, 0.29) is 0 Å². The lowest BCUT2D eigenvalue weighted by Gasteiger charge is -2.06. The fourth-order valence-corrected chi connectivity index (χ4v) is 1.72. The summed E-state index contributed by atoms with van der Waals surface area (Å²) in [5.41, 5.74) is 6.23. The molecule has 1 aromatic heterocycles. The van der Waals surface area contributed by atoms with Crippen molar-refractivity contribution in [2.24, 2.45) is 0 Å². The maximum atomic E-state index is 13.8. The Kier molecular flexibility index (Phi) is 4.40. The highest BCUT2D eigenvalue weighted by molar-refractivity contribution is 5.59. The Morgan fingerprint density at radius 3 is 3.00 bits per heavy atom. The molecule has 0 radical (unpaired) electrons. The molecule has 0 aliphatic carbocycles. The monoisotopic (exact) mass is 265 g/mol. The van der Waals surface area contributed by atoms with Crippen LogP contribution >= 0.6 is 0 Å². The first-order chi connectivity index (χ1) is 9.22. The molecular weight excluding hydrogens is 249 g/mol. The molecule has 0 bridgehead atoms. The van der Waals surface area contributed by atoms with Crippen molar-refractivity contribution in [3.8, 4) is 11.4 Å². The summed E-state index contributed by atoms with van der Waals surface area (Å²) in [4.78, 5) is 0. The van der Waals surface area contributed by atoms with Crippen molar-refractivity contribution in [2.75, 3.05) is 18.9 Å². The van der Waals surface area contributed by atoms with Gasteiger partial charge in [-0.1, -0.05) is 0 Å². The third-order valence-electron chi connectivity index (χ3n) is 2.63. The van der Waals surface area contributed by atoms with E-state index in [4.69, 9.17) is 10.5 Å². The van der Waals surface area contributed by atoms with Gasteiger partial charge in [-0.2, -0.15) is 0 Å². The standard InChI is InChI=1S/C12H16FN5O/c1-2-19-7-3-6-18-12(15-16-17-18)10-5-4-9(14)8-11(10)13/h4-5,8H,2-3,6-7,14H2,1H3. The molecule has 102 valence electrons. The molecule has 0 aliphatic rings. The topological polar surface area (TPSA) is 78.8 Å². The minimum atomic E-state index is -0.430. The molecule has 0 saturated heterocycles. The van der Waals surface area contributed by atoms with Crippen LogP contribution in [0.1, 0.15) is 13.3 Å². The summed E-state index contributed by atoms with van der Waals surface area (Å²) in [6, 6.07) is 4.46. The van der Waals surface area contributed by atoms with Crippen LogP contribution in [0.25, 0.3) is 11.4 Å². The summed E-state index contributed by atoms with van der Waals surface area (Å²) in [5.74, 6) is -0.0325. The second-order valence-electron chi connectivity index (χ2n) is 4.02. The van der Waals surface area contributed by atoms with Crippen LogP contribution in [0.2, 0.25) is 0 Å². The Morgan fingerprint density at radius 1 is 1.42 bits per heavy atom. The van der Waals surface area contributed by atoms with Crippen LogP contribution in [0.5, 0.6) is 0 Å². The molecule has 6 nitrogen and oxygen atoms in total. The van der Waals surface area contributed by atoms with E-state index in [1.807, 2.05) is 6.92 Å². The molecule has 7 heteroatoms. The van der Waals surface area contributed by atoms with E-state index >= 15 is 0 Å². The number of nitrogens with zero attached hydrogens (tertiary/aromatic N) is 4. The summed E-state index contributed by atoms with van der Waals surface area (Å²) >= 11 is 0. The summed E-state index contributed by atoms with van der Waals surface area (Å²) < 4.78 is 20.6. The number of hydrogen-bond donors (Lipinski definition) is 1. The molecule has 1 aromatic carbocycles. The van der Waals surface area contributed by atoms with Gasteiger partial charge in [0.15, 0.2) is 5.82 Å². The van der Waals surface area contributed by atoms with Crippen LogP contribution in [0.15, 0.2) is 18.2 Å². The number of hydrogen-bond acceptors (Lipinski definition) is 5. The normalized spacial score (nSPS) is 10.8. The van der Waals surface area contributed by atoms with Crippen LogP contribution < -0.4 is 5.73 Å². The minimum Gasteiger partial charge on any atom is -0.399 e. The Bertz CT molecular complexity index is 543. The van der Waals surface area contributed by atoms with Crippen molar-refractivity contribution in [3.63, 3.8) is 0 Å². The predicted octanol–water partition coefficient (Wildman–Crippen LogP) is 1.49. The second kappa shape index (κ2) is 6.24. The fraction of sp³-hybridized carbons (Fsp3) is 0.417. The molecule has 2 N–H and O–H groups in total. The first kappa shape index (κ1) is 13.4. The number of tetrazole rings is 1.